The summed E-state index contributed by atoms with van der Waals surface area (Å²) in [5.74, 6) is -0.0343. The lowest BCUT2D eigenvalue weighted by Crippen LogP contribution is -2.42. The van der Waals surface area contributed by atoms with Crippen LogP contribution < -0.4 is 5.32 Å². The number of rotatable bonds is 2. The third-order valence-corrected chi connectivity index (χ3v) is 4.94. The van der Waals surface area contributed by atoms with E-state index in [2.05, 4.69) is 21.2 Å². The fraction of sp³-hybridized carbons (Fsp3) is 0.500. The van der Waals surface area contributed by atoms with Gasteiger partial charge in [0.05, 0.1) is 10.5 Å². The maximum absolute atomic E-state index is 12.8. The molecule has 2 aliphatic rings. The highest BCUT2D eigenvalue weighted by Crippen LogP contribution is 2.32. The van der Waals surface area contributed by atoms with Crippen molar-refractivity contribution in [2.45, 2.75) is 31.3 Å². The smallest absolute Gasteiger partial charge is 0.270 e. The third kappa shape index (κ3) is 2.67. The van der Waals surface area contributed by atoms with E-state index < -0.39 is 4.92 Å². The molecule has 21 heavy (non-hydrogen) atoms. The van der Waals surface area contributed by atoms with E-state index in [0.29, 0.717) is 10.0 Å². The van der Waals surface area contributed by atoms with E-state index in [1.54, 1.807) is 6.07 Å². The number of carbonyl (C=O) groups is 1. The average Bonchev–Trinajstić information content (AvgIpc) is 2.71. The second-order valence-corrected chi connectivity index (χ2v) is 6.37. The number of non-ortho nitro benzene ring substituents is 1. The van der Waals surface area contributed by atoms with Gasteiger partial charge in [-0.2, -0.15) is 0 Å². The average molecular weight is 354 g/mol. The molecule has 0 saturated carbocycles. The Morgan fingerprint density at radius 1 is 1.33 bits per heavy atom. The summed E-state index contributed by atoms with van der Waals surface area (Å²) < 4.78 is 0.485. The summed E-state index contributed by atoms with van der Waals surface area (Å²) in [6, 6.07) is 4.83. The molecule has 0 spiro atoms. The molecule has 2 unspecified atom stereocenters. The summed E-state index contributed by atoms with van der Waals surface area (Å²) in [7, 11) is 0. The first-order chi connectivity index (χ1) is 10.1. The van der Waals surface area contributed by atoms with Crippen LogP contribution >= 0.6 is 15.9 Å². The van der Waals surface area contributed by atoms with Gasteiger partial charge in [-0.15, -0.1) is 0 Å². The Kier molecular flexibility index (Phi) is 3.95. The van der Waals surface area contributed by atoms with Gasteiger partial charge in [0, 0.05) is 35.2 Å². The standard InChI is InChI=1S/C14H16BrN3O3/c15-13-7-10(18(20)21)3-4-12(13)14(19)17-9-1-2-11(17)8-16-6-5-9/h3-4,7,9,11,16H,1-2,5-6,8H2. The fourth-order valence-corrected chi connectivity index (χ4v) is 3.78. The Balaban J connectivity index is 1.90. The van der Waals surface area contributed by atoms with Gasteiger partial charge in [0.2, 0.25) is 0 Å². The molecule has 2 saturated heterocycles. The molecule has 2 heterocycles. The second kappa shape index (κ2) is 5.73. The van der Waals surface area contributed by atoms with Crippen molar-refractivity contribution in [3.8, 4) is 0 Å². The van der Waals surface area contributed by atoms with Gasteiger partial charge in [-0.05, 0) is 47.8 Å². The van der Waals surface area contributed by atoms with E-state index in [1.807, 2.05) is 4.90 Å². The monoisotopic (exact) mass is 353 g/mol. The van der Waals surface area contributed by atoms with Crippen LogP contribution in [0.25, 0.3) is 0 Å². The molecule has 2 atom stereocenters. The molecule has 3 rings (SSSR count). The molecule has 6 nitrogen and oxygen atoms in total. The van der Waals surface area contributed by atoms with E-state index in [9.17, 15) is 14.9 Å². The van der Waals surface area contributed by atoms with Crippen LogP contribution in [0.2, 0.25) is 0 Å². The molecule has 112 valence electrons. The fourth-order valence-electron chi connectivity index (χ4n) is 3.24. The van der Waals surface area contributed by atoms with Gasteiger partial charge in [-0.3, -0.25) is 14.9 Å². The number of halogens is 1. The van der Waals surface area contributed by atoms with E-state index in [-0.39, 0.29) is 23.7 Å². The first-order valence-corrected chi connectivity index (χ1v) is 7.84. The minimum atomic E-state index is -0.460. The summed E-state index contributed by atoms with van der Waals surface area (Å²) in [5.41, 5.74) is 0.485. The summed E-state index contributed by atoms with van der Waals surface area (Å²) >= 11 is 3.29. The SMILES string of the molecule is O=C(c1ccc([N+](=O)[O-])cc1Br)N1C2CCNCC1CC2. The van der Waals surface area contributed by atoms with Gasteiger partial charge in [0.15, 0.2) is 0 Å². The molecule has 0 aromatic heterocycles. The normalized spacial score (nSPS) is 24.7. The van der Waals surface area contributed by atoms with E-state index in [4.69, 9.17) is 0 Å². The lowest BCUT2D eigenvalue weighted by Gasteiger charge is -2.28. The molecule has 0 radical (unpaired) electrons. The zero-order valence-electron chi connectivity index (χ0n) is 11.4. The quantitative estimate of drug-likeness (QED) is 0.653. The first kappa shape index (κ1) is 14.5. The highest BCUT2D eigenvalue weighted by Gasteiger charge is 2.38. The molecule has 2 fully saturated rings. The van der Waals surface area contributed by atoms with Gasteiger partial charge < -0.3 is 10.2 Å². The summed E-state index contributed by atoms with van der Waals surface area (Å²) in [6.07, 6.45) is 3.03. The highest BCUT2D eigenvalue weighted by atomic mass is 79.9. The largest absolute Gasteiger partial charge is 0.331 e. The molecule has 1 N–H and O–H groups in total. The number of hydrogen-bond donors (Lipinski definition) is 1. The predicted molar refractivity (Wildman–Crippen MR) is 81.3 cm³/mol. The van der Waals surface area contributed by atoms with Crippen molar-refractivity contribution in [3.63, 3.8) is 0 Å². The number of nitrogens with zero attached hydrogens (tertiary/aromatic N) is 2. The van der Waals surface area contributed by atoms with Crippen LogP contribution in [0.15, 0.2) is 22.7 Å². The number of benzene rings is 1. The number of nitro groups is 1. The summed E-state index contributed by atoms with van der Waals surface area (Å²) in [5, 5.41) is 14.1. The summed E-state index contributed by atoms with van der Waals surface area (Å²) in [6.45, 7) is 1.76. The van der Waals surface area contributed by atoms with Crippen LogP contribution in [0.4, 0.5) is 5.69 Å². The lowest BCUT2D eigenvalue weighted by molar-refractivity contribution is -0.384. The van der Waals surface area contributed by atoms with Crippen LogP contribution in [0.1, 0.15) is 29.6 Å². The molecule has 7 heteroatoms. The zero-order chi connectivity index (χ0) is 15.0. The van der Waals surface area contributed by atoms with Crippen molar-refractivity contribution in [2.24, 2.45) is 0 Å². The minimum Gasteiger partial charge on any atom is -0.331 e. The Hall–Kier alpha value is -1.47. The molecule has 1 amide bonds. The van der Waals surface area contributed by atoms with Crippen LogP contribution in [-0.2, 0) is 0 Å². The number of amides is 1. The Bertz CT molecular complexity index is 579. The number of nitro benzene ring substituents is 1. The van der Waals surface area contributed by atoms with E-state index >= 15 is 0 Å². The molecular weight excluding hydrogens is 338 g/mol. The van der Waals surface area contributed by atoms with E-state index in [1.165, 1.54) is 12.1 Å². The second-order valence-electron chi connectivity index (χ2n) is 5.51. The number of hydrogen-bond acceptors (Lipinski definition) is 4. The summed E-state index contributed by atoms with van der Waals surface area (Å²) in [4.78, 5) is 25.1. The van der Waals surface area contributed by atoms with Crippen LogP contribution in [-0.4, -0.2) is 40.9 Å². The first-order valence-electron chi connectivity index (χ1n) is 7.05. The number of carbonyl (C=O) groups excluding carboxylic acids is 1. The molecular formula is C14H16BrN3O3. The van der Waals surface area contributed by atoms with Gasteiger partial charge in [0.1, 0.15) is 0 Å². The van der Waals surface area contributed by atoms with Crippen molar-refractivity contribution in [3.05, 3.63) is 38.3 Å². The molecule has 2 bridgehead atoms. The lowest BCUT2D eigenvalue weighted by atomic mass is 10.1. The van der Waals surface area contributed by atoms with Crippen molar-refractivity contribution < 1.29 is 9.72 Å². The zero-order valence-corrected chi connectivity index (χ0v) is 13.0. The van der Waals surface area contributed by atoms with Gasteiger partial charge in [0.25, 0.3) is 11.6 Å². The highest BCUT2D eigenvalue weighted by molar-refractivity contribution is 9.10. The van der Waals surface area contributed by atoms with E-state index in [0.717, 1.165) is 32.4 Å². The van der Waals surface area contributed by atoms with Gasteiger partial charge in [-0.25, -0.2) is 0 Å². The third-order valence-electron chi connectivity index (χ3n) is 4.28. The topological polar surface area (TPSA) is 75.5 Å². The van der Waals surface area contributed by atoms with Gasteiger partial charge in [-0.1, -0.05) is 0 Å². The Morgan fingerprint density at radius 2 is 2.10 bits per heavy atom. The molecule has 0 aliphatic carbocycles. The van der Waals surface area contributed by atoms with Crippen molar-refractivity contribution in [1.29, 1.82) is 0 Å². The number of nitrogens with one attached hydrogen (secondary N) is 1. The van der Waals surface area contributed by atoms with Crippen molar-refractivity contribution in [2.75, 3.05) is 13.1 Å². The van der Waals surface area contributed by atoms with Gasteiger partial charge >= 0.3 is 0 Å². The van der Waals surface area contributed by atoms with Crippen LogP contribution in [0.5, 0.6) is 0 Å². The minimum absolute atomic E-state index is 0.0149. The molecule has 1 aromatic carbocycles. The molecule has 2 aliphatic heterocycles. The number of fused-ring (bicyclic) bond motifs is 2. The predicted octanol–water partition coefficient (Wildman–Crippen LogP) is 2.32. The molecule has 1 aromatic rings. The maximum atomic E-state index is 12.8. The maximum Gasteiger partial charge on any atom is 0.270 e. The Labute approximate surface area is 130 Å². The van der Waals surface area contributed by atoms with Crippen molar-refractivity contribution in [1.82, 2.24) is 10.2 Å². The van der Waals surface area contributed by atoms with Crippen LogP contribution in [0, 0.1) is 10.1 Å². The van der Waals surface area contributed by atoms with Crippen molar-refractivity contribution >= 4 is 27.5 Å². The Morgan fingerprint density at radius 3 is 2.81 bits per heavy atom. The van der Waals surface area contributed by atoms with Crippen LogP contribution in [0.3, 0.4) is 0 Å².